The number of carbonyl (C=O) groups is 1. The Labute approximate surface area is 105 Å². The topological polar surface area (TPSA) is 39.2 Å². The Balaban J connectivity index is 2.42. The van der Waals surface area contributed by atoms with Crippen LogP contribution in [0.1, 0.15) is 20.3 Å². The minimum Gasteiger partial charge on any atom is -0.466 e. The lowest BCUT2D eigenvalue weighted by Gasteiger charge is -2.09. The first-order valence-electron chi connectivity index (χ1n) is 5.05. The van der Waals surface area contributed by atoms with E-state index in [9.17, 15) is 4.79 Å². The molecule has 88 valence electrons. The van der Waals surface area contributed by atoms with Gasteiger partial charge in [0, 0.05) is 11.4 Å². The number of carbonyl (C=O) groups excluding carboxylic acids is 1. The number of thioether (sulfide) groups is 1. The Kier molecular flexibility index (Phi) is 5.63. The summed E-state index contributed by atoms with van der Waals surface area (Å²) < 4.78 is 4.88. The predicted octanol–water partition coefficient (Wildman–Crippen LogP) is 3.17. The molecule has 1 aromatic heterocycles. The first-order valence-corrected chi connectivity index (χ1v) is 6.31. The molecule has 0 aliphatic rings. The fraction of sp³-hybridized carbons (Fsp3) is 0.455. The number of halogens is 1. The van der Waals surface area contributed by atoms with Crippen LogP contribution in [0.25, 0.3) is 0 Å². The maximum absolute atomic E-state index is 11.2. The summed E-state index contributed by atoms with van der Waals surface area (Å²) in [5, 5.41) is 1.62. The van der Waals surface area contributed by atoms with Gasteiger partial charge in [-0.1, -0.05) is 18.5 Å². The van der Waals surface area contributed by atoms with E-state index < -0.39 is 0 Å². The van der Waals surface area contributed by atoms with Crippen LogP contribution in [0.15, 0.2) is 23.4 Å². The molecule has 0 N–H and O–H groups in total. The van der Waals surface area contributed by atoms with Gasteiger partial charge >= 0.3 is 5.97 Å². The Morgan fingerprint density at radius 3 is 2.94 bits per heavy atom. The van der Waals surface area contributed by atoms with E-state index in [-0.39, 0.29) is 11.2 Å². The number of hydrogen-bond acceptors (Lipinski definition) is 4. The van der Waals surface area contributed by atoms with E-state index in [0.717, 1.165) is 5.03 Å². The van der Waals surface area contributed by atoms with Crippen LogP contribution in [0.4, 0.5) is 0 Å². The SMILES string of the molecule is CCOC(=O)CC(C)Sc1ccc(Cl)cn1. The molecule has 0 spiro atoms. The Morgan fingerprint density at radius 1 is 1.62 bits per heavy atom. The molecule has 1 aromatic rings. The lowest BCUT2D eigenvalue weighted by Crippen LogP contribution is -2.10. The average molecular weight is 260 g/mol. The van der Waals surface area contributed by atoms with Gasteiger partial charge in [0.1, 0.15) is 0 Å². The zero-order valence-corrected chi connectivity index (χ0v) is 10.8. The molecule has 5 heteroatoms. The minimum absolute atomic E-state index is 0.146. The normalized spacial score (nSPS) is 12.2. The summed E-state index contributed by atoms with van der Waals surface area (Å²) in [7, 11) is 0. The Bertz CT molecular complexity index is 342. The molecule has 1 heterocycles. The van der Waals surface area contributed by atoms with E-state index in [1.807, 2.05) is 13.0 Å². The van der Waals surface area contributed by atoms with Crippen LogP contribution in [0, 0.1) is 0 Å². The summed E-state index contributed by atoms with van der Waals surface area (Å²) in [4.78, 5) is 15.4. The summed E-state index contributed by atoms with van der Waals surface area (Å²) in [5.41, 5.74) is 0. The highest BCUT2D eigenvalue weighted by molar-refractivity contribution is 7.99. The van der Waals surface area contributed by atoms with Gasteiger partial charge in [-0.05, 0) is 19.1 Å². The second kappa shape index (κ2) is 6.76. The van der Waals surface area contributed by atoms with Gasteiger partial charge in [0.15, 0.2) is 0 Å². The molecule has 0 radical (unpaired) electrons. The van der Waals surface area contributed by atoms with Crippen LogP contribution >= 0.6 is 23.4 Å². The Morgan fingerprint density at radius 2 is 2.38 bits per heavy atom. The molecule has 1 atom stereocenters. The standard InChI is InChI=1S/C11H14ClNO2S/c1-3-15-11(14)6-8(2)16-10-5-4-9(12)7-13-10/h4-5,7-8H,3,6H2,1-2H3. The van der Waals surface area contributed by atoms with Gasteiger partial charge in [0.25, 0.3) is 0 Å². The van der Waals surface area contributed by atoms with Crippen LogP contribution in [0.2, 0.25) is 5.02 Å². The van der Waals surface area contributed by atoms with Crippen LogP contribution in [0.3, 0.4) is 0 Å². The molecular formula is C11H14ClNO2S. The second-order valence-corrected chi connectivity index (χ2v) is 5.15. The van der Waals surface area contributed by atoms with Crippen molar-refractivity contribution in [2.75, 3.05) is 6.61 Å². The molecule has 0 fully saturated rings. The summed E-state index contributed by atoms with van der Waals surface area (Å²) in [6.07, 6.45) is 1.99. The third-order valence-corrected chi connectivity index (χ3v) is 3.06. The molecule has 0 bridgehead atoms. The van der Waals surface area contributed by atoms with Crippen molar-refractivity contribution < 1.29 is 9.53 Å². The van der Waals surface area contributed by atoms with Crippen LogP contribution in [0.5, 0.6) is 0 Å². The van der Waals surface area contributed by atoms with Crippen molar-refractivity contribution in [1.82, 2.24) is 4.98 Å². The highest BCUT2D eigenvalue weighted by Gasteiger charge is 2.11. The first-order chi connectivity index (χ1) is 7.61. The largest absolute Gasteiger partial charge is 0.466 e. The van der Waals surface area contributed by atoms with Crippen LogP contribution < -0.4 is 0 Å². The van der Waals surface area contributed by atoms with Gasteiger partial charge in [-0.15, -0.1) is 11.8 Å². The maximum Gasteiger partial charge on any atom is 0.306 e. The highest BCUT2D eigenvalue weighted by atomic mass is 35.5. The summed E-state index contributed by atoms with van der Waals surface area (Å²) in [5.74, 6) is -0.170. The molecule has 0 saturated heterocycles. The molecule has 0 amide bonds. The van der Waals surface area contributed by atoms with Crippen molar-refractivity contribution in [3.63, 3.8) is 0 Å². The fourth-order valence-electron chi connectivity index (χ4n) is 1.13. The lowest BCUT2D eigenvalue weighted by atomic mass is 10.3. The summed E-state index contributed by atoms with van der Waals surface area (Å²) in [6, 6.07) is 3.63. The molecule has 0 aliphatic carbocycles. The van der Waals surface area contributed by atoms with E-state index in [1.165, 1.54) is 11.8 Å². The third-order valence-electron chi connectivity index (χ3n) is 1.78. The van der Waals surface area contributed by atoms with E-state index in [1.54, 1.807) is 19.2 Å². The Hall–Kier alpha value is -0.740. The van der Waals surface area contributed by atoms with E-state index in [0.29, 0.717) is 18.1 Å². The van der Waals surface area contributed by atoms with Crippen molar-refractivity contribution in [3.05, 3.63) is 23.4 Å². The molecule has 16 heavy (non-hydrogen) atoms. The molecule has 0 saturated carbocycles. The van der Waals surface area contributed by atoms with Crippen molar-refractivity contribution in [2.45, 2.75) is 30.5 Å². The number of ether oxygens (including phenoxy) is 1. The monoisotopic (exact) mass is 259 g/mol. The molecular weight excluding hydrogens is 246 g/mol. The molecule has 0 aromatic carbocycles. The highest BCUT2D eigenvalue weighted by Crippen LogP contribution is 2.24. The summed E-state index contributed by atoms with van der Waals surface area (Å²) >= 11 is 7.26. The maximum atomic E-state index is 11.2. The summed E-state index contributed by atoms with van der Waals surface area (Å²) in [6.45, 7) is 4.20. The number of aromatic nitrogens is 1. The number of pyridine rings is 1. The zero-order chi connectivity index (χ0) is 12.0. The van der Waals surface area contributed by atoms with E-state index in [4.69, 9.17) is 16.3 Å². The quantitative estimate of drug-likeness (QED) is 0.601. The third kappa shape index (κ3) is 4.86. The number of rotatable bonds is 5. The zero-order valence-electron chi connectivity index (χ0n) is 9.27. The first kappa shape index (κ1) is 13.3. The van der Waals surface area contributed by atoms with E-state index >= 15 is 0 Å². The lowest BCUT2D eigenvalue weighted by molar-refractivity contribution is -0.142. The van der Waals surface area contributed by atoms with Crippen molar-refractivity contribution in [3.8, 4) is 0 Å². The minimum atomic E-state index is -0.170. The van der Waals surface area contributed by atoms with Gasteiger partial charge in [-0.2, -0.15) is 0 Å². The molecule has 1 unspecified atom stereocenters. The van der Waals surface area contributed by atoms with Crippen LogP contribution in [-0.2, 0) is 9.53 Å². The molecule has 0 aliphatic heterocycles. The molecule has 1 rings (SSSR count). The van der Waals surface area contributed by atoms with Gasteiger partial charge in [-0.3, -0.25) is 4.79 Å². The van der Waals surface area contributed by atoms with Gasteiger partial charge < -0.3 is 4.74 Å². The van der Waals surface area contributed by atoms with Crippen molar-refractivity contribution in [2.24, 2.45) is 0 Å². The fourth-order valence-corrected chi connectivity index (χ4v) is 2.14. The second-order valence-electron chi connectivity index (χ2n) is 3.25. The van der Waals surface area contributed by atoms with Crippen molar-refractivity contribution >= 4 is 29.3 Å². The van der Waals surface area contributed by atoms with Gasteiger partial charge in [0.2, 0.25) is 0 Å². The smallest absolute Gasteiger partial charge is 0.306 e. The number of nitrogens with zero attached hydrogens (tertiary/aromatic N) is 1. The van der Waals surface area contributed by atoms with E-state index in [2.05, 4.69) is 4.98 Å². The number of hydrogen-bond donors (Lipinski definition) is 0. The average Bonchev–Trinajstić information content (AvgIpc) is 2.21. The van der Waals surface area contributed by atoms with Gasteiger partial charge in [-0.25, -0.2) is 4.98 Å². The van der Waals surface area contributed by atoms with Crippen molar-refractivity contribution in [1.29, 1.82) is 0 Å². The number of esters is 1. The molecule has 3 nitrogen and oxygen atoms in total. The predicted molar refractivity (Wildman–Crippen MR) is 65.8 cm³/mol. The van der Waals surface area contributed by atoms with Crippen LogP contribution in [-0.4, -0.2) is 22.8 Å². The van der Waals surface area contributed by atoms with Gasteiger partial charge in [0.05, 0.1) is 23.1 Å².